The quantitative estimate of drug-likeness (QED) is 0.745. The largest absolute Gasteiger partial charge is 0.504 e. The molecular weight excluding hydrogens is 352 g/mol. The van der Waals surface area contributed by atoms with Gasteiger partial charge in [0, 0.05) is 36.3 Å². The van der Waals surface area contributed by atoms with Crippen LogP contribution in [-0.2, 0) is 6.54 Å². The van der Waals surface area contributed by atoms with E-state index in [1.165, 1.54) is 0 Å². The van der Waals surface area contributed by atoms with Crippen molar-refractivity contribution in [3.05, 3.63) is 59.1 Å². The zero-order valence-electron chi connectivity index (χ0n) is 14.2. The molecule has 1 aromatic carbocycles. The highest BCUT2D eigenvalue weighted by molar-refractivity contribution is 6.30. The van der Waals surface area contributed by atoms with Crippen LogP contribution in [0.15, 0.2) is 42.9 Å². The fourth-order valence-corrected chi connectivity index (χ4v) is 3.20. The number of hydrogen-bond donors (Lipinski definition) is 1. The second kappa shape index (κ2) is 6.80. The molecule has 0 unspecified atom stereocenters. The lowest BCUT2D eigenvalue weighted by Crippen LogP contribution is -2.27. The average Bonchev–Trinajstić information content (AvgIpc) is 2.85. The van der Waals surface area contributed by atoms with Crippen molar-refractivity contribution < 1.29 is 9.84 Å². The molecule has 4 rings (SSSR count). The first-order valence-electron chi connectivity index (χ1n) is 8.25. The molecule has 0 fully saturated rings. The van der Waals surface area contributed by atoms with E-state index in [1.54, 1.807) is 30.7 Å². The van der Waals surface area contributed by atoms with Crippen molar-refractivity contribution in [1.29, 1.82) is 0 Å². The topological polar surface area (TPSA) is 71.4 Å². The molecule has 0 saturated carbocycles. The summed E-state index contributed by atoms with van der Waals surface area (Å²) in [5, 5.41) is 11.0. The van der Waals surface area contributed by atoms with E-state index in [0.29, 0.717) is 30.5 Å². The minimum Gasteiger partial charge on any atom is -0.504 e. The van der Waals surface area contributed by atoms with E-state index in [4.69, 9.17) is 16.3 Å². The van der Waals surface area contributed by atoms with E-state index >= 15 is 0 Å². The van der Waals surface area contributed by atoms with Crippen LogP contribution in [0.3, 0.4) is 0 Å². The molecule has 6 nitrogen and oxygen atoms in total. The first-order chi connectivity index (χ1) is 12.6. The molecule has 0 atom stereocenters. The molecule has 26 heavy (non-hydrogen) atoms. The van der Waals surface area contributed by atoms with Gasteiger partial charge in [-0.2, -0.15) is 0 Å². The Morgan fingerprint density at radius 2 is 2.00 bits per heavy atom. The Hall–Kier alpha value is -2.86. The van der Waals surface area contributed by atoms with Gasteiger partial charge in [0.25, 0.3) is 0 Å². The van der Waals surface area contributed by atoms with E-state index in [2.05, 4.69) is 19.9 Å². The first kappa shape index (κ1) is 16.6. The molecule has 3 aromatic rings. The normalized spacial score (nSPS) is 13.7. The van der Waals surface area contributed by atoms with Crippen LogP contribution in [0.2, 0.25) is 5.02 Å². The Bertz CT molecular complexity index is 947. The van der Waals surface area contributed by atoms with E-state index in [9.17, 15) is 5.11 Å². The van der Waals surface area contributed by atoms with Gasteiger partial charge in [0.15, 0.2) is 11.5 Å². The van der Waals surface area contributed by atoms with Crippen LogP contribution in [0, 0.1) is 6.92 Å². The van der Waals surface area contributed by atoms with Crippen molar-refractivity contribution in [3.63, 3.8) is 0 Å². The zero-order valence-corrected chi connectivity index (χ0v) is 14.9. The lowest BCUT2D eigenvalue weighted by molar-refractivity contribution is 0.311. The number of benzene rings is 1. The summed E-state index contributed by atoms with van der Waals surface area (Å²) in [5.74, 6) is 1.43. The monoisotopic (exact) mass is 368 g/mol. The zero-order chi connectivity index (χ0) is 18.1. The highest BCUT2D eigenvalue weighted by atomic mass is 35.5. The molecule has 7 heteroatoms. The number of phenolic OH excluding ortho intramolecular Hbond substituents is 1. The van der Waals surface area contributed by atoms with Gasteiger partial charge in [-0.05, 0) is 31.2 Å². The summed E-state index contributed by atoms with van der Waals surface area (Å²) >= 11 is 5.92. The van der Waals surface area contributed by atoms with E-state index in [-0.39, 0.29) is 5.75 Å². The second-order valence-corrected chi connectivity index (χ2v) is 6.52. The van der Waals surface area contributed by atoms with Crippen LogP contribution in [0.4, 0.5) is 5.82 Å². The minimum atomic E-state index is 0.104. The van der Waals surface area contributed by atoms with Crippen LogP contribution in [-0.4, -0.2) is 33.2 Å². The molecule has 0 aliphatic carbocycles. The standard InChI is InChI=1S/C19H17ClN4O2/c1-12-19(22-5-4-21-12)24-6-7-26-18-14(11-24)8-13(9-17(18)25)16-3-2-15(20)10-23-16/h2-5,8-10,25H,6-7,11H2,1H3. The number of anilines is 1. The van der Waals surface area contributed by atoms with Crippen LogP contribution in [0.25, 0.3) is 11.3 Å². The van der Waals surface area contributed by atoms with E-state index < -0.39 is 0 Å². The van der Waals surface area contributed by atoms with Gasteiger partial charge >= 0.3 is 0 Å². The van der Waals surface area contributed by atoms with Crippen LogP contribution in [0.1, 0.15) is 11.3 Å². The lowest BCUT2D eigenvalue weighted by Gasteiger charge is -2.22. The highest BCUT2D eigenvalue weighted by Crippen LogP contribution is 2.38. The number of ether oxygens (including phenoxy) is 1. The Morgan fingerprint density at radius 3 is 2.77 bits per heavy atom. The summed E-state index contributed by atoms with van der Waals surface area (Å²) in [6, 6.07) is 7.25. The molecule has 1 aliphatic rings. The van der Waals surface area contributed by atoms with Crippen molar-refractivity contribution in [2.24, 2.45) is 0 Å². The molecule has 0 bridgehead atoms. The number of hydrogen-bond acceptors (Lipinski definition) is 6. The van der Waals surface area contributed by atoms with Crippen molar-refractivity contribution in [1.82, 2.24) is 15.0 Å². The Balaban J connectivity index is 1.74. The predicted molar refractivity (Wildman–Crippen MR) is 99.7 cm³/mol. The third kappa shape index (κ3) is 3.15. The molecular formula is C19H17ClN4O2. The van der Waals surface area contributed by atoms with Gasteiger partial charge in [0.1, 0.15) is 12.4 Å². The smallest absolute Gasteiger partial charge is 0.166 e. The van der Waals surface area contributed by atoms with Gasteiger partial charge < -0.3 is 14.7 Å². The van der Waals surface area contributed by atoms with Gasteiger partial charge in [-0.1, -0.05) is 11.6 Å². The molecule has 0 saturated heterocycles. The van der Waals surface area contributed by atoms with Crippen molar-refractivity contribution in [2.45, 2.75) is 13.5 Å². The third-order valence-corrected chi connectivity index (χ3v) is 4.52. The molecule has 1 N–H and O–H groups in total. The number of phenols is 1. The van der Waals surface area contributed by atoms with Crippen molar-refractivity contribution in [3.8, 4) is 22.8 Å². The Kier molecular flexibility index (Phi) is 4.34. The van der Waals surface area contributed by atoms with Crippen LogP contribution in [0.5, 0.6) is 11.5 Å². The van der Waals surface area contributed by atoms with Crippen LogP contribution >= 0.6 is 11.6 Å². The van der Waals surface area contributed by atoms with Gasteiger partial charge in [0.2, 0.25) is 0 Å². The SMILES string of the molecule is Cc1nccnc1N1CCOc2c(O)cc(-c3ccc(Cl)cn3)cc2C1. The lowest BCUT2D eigenvalue weighted by atomic mass is 10.0. The molecule has 1 aliphatic heterocycles. The fourth-order valence-electron chi connectivity index (χ4n) is 3.08. The number of fused-ring (bicyclic) bond motifs is 1. The molecule has 3 heterocycles. The summed E-state index contributed by atoms with van der Waals surface area (Å²) in [5.41, 5.74) is 3.27. The number of nitrogens with zero attached hydrogens (tertiary/aromatic N) is 4. The van der Waals surface area contributed by atoms with Gasteiger partial charge in [-0.25, -0.2) is 4.98 Å². The number of rotatable bonds is 2. The maximum Gasteiger partial charge on any atom is 0.166 e. The molecule has 2 aromatic heterocycles. The number of aryl methyl sites for hydroxylation is 1. The van der Waals surface area contributed by atoms with Gasteiger partial charge in [-0.3, -0.25) is 9.97 Å². The van der Waals surface area contributed by atoms with Gasteiger partial charge in [0.05, 0.1) is 23.0 Å². The summed E-state index contributed by atoms with van der Waals surface area (Å²) in [7, 11) is 0. The molecule has 0 spiro atoms. The second-order valence-electron chi connectivity index (χ2n) is 6.08. The van der Waals surface area contributed by atoms with Crippen molar-refractivity contribution in [2.75, 3.05) is 18.1 Å². The molecule has 0 radical (unpaired) electrons. The summed E-state index contributed by atoms with van der Waals surface area (Å²) < 4.78 is 5.80. The molecule has 0 amide bonds. The summed E-state index contributed by atoms with van der Waals surface area (Å²) in [6.45, 7) is 3.60. The maximum atomic E-state index is 10.5. The van der Waals surface area contributed by atoms with E-state index in [1.807, 2.05) is 19.1 Å². The predicted octanol–water partition coefficient (Wildman–Crippen LogP) is 3.61. The minimum absolute atomic E-state index is 0.104. The number of aromatic hydroxyl groups is 1. The maximum absolute atomic E-state index is 10.5. The Labute approximate surface area is 156 Å². The average molecular weight is 369 g/mol. The molecule has 132 valence electrons. The van der Waals surface area contributed by atoms with E-state index in [0.717, 1.165) is 28.3 Å². The summed E-state index contributed by atoms with van der Waals surface area (Å²) in [4.78, 5) is 15.2. The first-order valence-corrected chi connectivity index (χ1v) is 8.63. The highest BCUT2D eigenvalue weighted by Gasteiger charge is 2.22. The van der Waals surface area contributed by atoms with Gasteiger partial charge in [-0.15, -0.1) is 0 Å². The van der Waals surface area contributed by atoms with Crippen LogP contribution < -0.4 is 9.64 Å². The Morgan fingerprint density at radius 1 is 1.15 bits per heavy atom. The van der Waals surface area contributed by atoms with Crippen molar-refractivity contribution >= 4 is 17.4 Å². The third-order valence-electron chi connectivity index (χ3n) is 4.29. The summed E-state index contributed by atoms with van der Waals surface area (Å²) in [6.07, 6.45) is 4.95. The number of halogens is 1. The number of pyridine rings is 1. The fraction of sp³-hybridized carbons (Fsp3) is 0.211. The number of aromatic nitrogens is 3.